The maximum Gasteiger partial charge on any atom is 0.454 e. The fourth-order valence-electron chi connectivity index (χ4n) is 0.795. The molecule has 0 fully saturated rings. The van der Waals surface area contributed by atoms with Gasteiger partial charge < -0.3 is 4.42 Å². The Morgan fingerprint density at radius 2 is 2.07 bits per heavy atom. The van der Waals surface area contributed by atoms with Crippen LogP contribution >= 0.6 is 0 Å². The van der Waals surface area contributed by atoms with Crippen LogP contribution in [0.15, 0.2) is 22.6 Å². The van der Waals surface area contributed by atoms with Gasteiger partial charge in [0.05, 0.1) is 0 Å². The second-order valence-corrected chi connectivity index (χ2v) is 2.64. The molecule has 14 heavy (non-hydrogen) atoms. The molecule has 0 atom stereocenters. The Kier molecular flexibility index (Phi) is 2.78. The molecule has 0 radical (unpaired) electrons. The number of alkyl halides is 3. The Bertz CT molecular complexity index is 360. The predicted octanol–water partition coefficient (Wildman–Crippen LogP) is 2.73. The third-order valence-electron chi connectivity index (χ3n) is 1.44. The van der Waals surface area contributed by atoms with E-state index in [4.69, 9.17) is 4.42 Å². The topological polar surface area (TPSA) is 30.2 Å². The van der Waals surface area contributed by atoms with Gasteiger partial charge in [0.2, 0.25) is 0 Å². The first kappa shape index (κ1) is 10.6. The number of allylic oxidation sites excluding steroid dienone is 1. The Hall–Kier alpha value is -1.52. The second-order valence-electron chi connectivity index (χ2n) is 2.64. The fraction of sp³-hybridized carbons (Fsp3) is 0.222. The van der Waals surface area contributed by atoms with Crippen LogP contribution in [0.5, 0.6) is 0 Å². The van der Waals surface area contributed by atoms with Gasteiger partial charge in [-0.25, -0.2) is 0 Å². The van der Waals surface area contributed by atoms with E-state index in [1.54, 1.807) is 13.0 Å². The molecule has 1 aromatic heterocycles. The molecule has 5 heteroatoms. The summed E-state index contributed by atoms with van der Waals surface area (Å²) in [4.78, 5) is 10.4. The van der Waals surface area contributed by atoms with Crippen molar-refractivity contribution in [3.05, 3.63) is 29.7 Å². The van der Waals surface area contributed by atoms with Gasteiger partial charge in [-0.3, -0.25) is 4.79 Å². The van der Waals surface area contributed by atoms with Crippen LogP contribution in [-0.4, -0.2) is 12.0 Å². The zero-order valence-electron chi connectivity index (χ0n) is 7.26. The van der Waals surface area contributed by atoms with Crippen LogP contribution in [0.25, 0.3) is 6.08 Å². The molecule has 76 valence electrons. The minimum atomic E-state index is -4.82. The van der Waals surface area contributed by atoms with Gasteiger partial charge in [0, 0.05) is 0 Å². The van der Waals surface area contributed by atoms with Crippen molar-refractivity contribution in [2.75, 3.05) is 0 Å². The Balaban J connectivity index is 2.70. The maximum absolute atomic E-state index is 11.7. The highest BCUT2D eigenvalue weighted by Crippen LogP contribution is 2.17. The molecule has 1 aromatic rings. The van der Waals surface area contributed by atoms with Gasteiger partial charge in [-0.15, -0.1) is 0 Å². The average molecular weight is 204 g/mol. The third kappa shape index (κ3) is 2.76. The third-order valence-corrected chi connectivity index (χ3v) is 1.44. The minimum Gasteiger partial charge on any atom is -0.462 e. The number of rotatable bonds is 2. The van der Waals surface area contributed by atoms with Crippen molar-refractivity contribution in [3.8, 4) is 0 Å². The summed E-state index contributed by atoms with van der Waals surface area (Å²) >= 11 is 0. The number of ketones is 1. The maximum atomic E-state index is 11.7. The Labute approximate surface area is 78.0 Å². The van der Waals surface area contributed by atoms with Crippen molar-refractivity contribution in [1.29, 1.82) is 0 Å². The zero-order chi connectivity index (χ0) is 10.8. The highest BCUT2D eigenvalue weighted by Gasteiger charge is 2.35. The van der Waals surface area contributed by atoms with E-state index in [0.717, 1.165) is 6.08 Å². The lowest BCUT2D eigenvalue weighted by Crippen LogP contribution is -2.19. The van der Waals surface area contributed by atoms with E-state index in [2.05, 4.69) is 0 Å². The summed E-state index contributed by atoms with van der Waals surface area (Å²) in [7, 11) is 0. The van der Waals surface area contributed by atoms with Gasteiger partial charge in [-0.05, 0) is 31.2 Å². The number of aryl methyl sites for hydroxylation is 1. The molecule has 0 aliphatic carbocycles. The first-order valence-electron chi connectivity index (χ1n) is 3.75. The SMILES string of the molecule is Cc1ccc(/C=C/C(=O)C(F)(F)F)o1. The predicted molar refractivity (Wildman–Crippen MR) is 43.5 cm³/mol. The van der Waals surface area contributed by atoms with Gasteiger partial charge in [0.1, 0.15) is 11.5 Å². The van der Waals surface area contributed by atoms with Gasteiger partial charge in [-0.1, -0.05) is 0 Å². The van der Waals surface area contributed by atoms with E-state index in [1.807, 2.05) is 0 Å². The van der Waals surface area contributed by atoms with E-state index < -0.39 is 12.0 Å². The standard InChI is InChI=1S/C9H7F3O2/c1-6-2-3-7(14-6)4-5-8(13)9(10,11)12/h2-5H,1H3/b5-4+. The van der Waals surface area contributed by atoms with Crippen LogP contribution in [-0.2, 0) is 4.79 Å². The highest BCUT2D eigenvalue weighted by molar-refractivity contribution is 5.97. The van der Waals surface area contributed by atoms with Crippen molar-refractivity contribution in [2.45, 2.75) is 13.1 Å². The van der Waals surface area contributed by atoms with E-state index in [0.29, 0.717) is 11.8 Å². The molecule has 0 spiro atoms. The number of carbonyl (C=O) groups excluding carboxylic acids is 1. The molecule has 0 bridgehead atoms. The van der Waals surface area contributed by atoms with Gasteiger partial charge in [0.15, 0.2) is 0 Å². The van der Waals surface area contributed by atoms with Crippen LogP contribution in [0.3, 0.4) is 0 Å². The lowest BCUT2D eigenvalue weighted by Gasteiger charge is -1.98. The quantitative estimate of drug-likeness (QED) is 0.693. The number of halogens is 3. The van der Waals surface area contributed by atoms with E-state index in [-0.39, 0.29) is 5.76 Å². The molecule has 1 heterocycles. The van der Waals surface area contributed by atoms with Gasteiger partial charge >= 0.3 is 6.18 Å². The van der Waals surface area contributed by atoms with E-state index in [9.17, 15) is 18.0 Å². The van der Waals surface area contributed by atoms with Crippen LogP contribution in [0.4, 0.5) is 13.2 Å². The largest absolute Gasteiger partial charge is 0.462 e. The molecule has 0 unspecified atom stereocenters. The molecule has 1 rings (SSSR count). The van der Waals surface area contributed by atoms with E-state index in [1.165, 1.54) is 6.07 Å². The highest BCUT2D eigenvalue weighted by atomic mass is 19.4. The summed E-state index contributed by atoms with van der Waals surface area (Å²) in [5.41, 5.74) is 0. The molecule has 0 saturated carbocycles. The smallest absolute Gasteiger partial charge is 0.454 e. The van der Waals surface area contributed by atoms with Crippen molar-refractivity contribution < 1.29 is 22.4 Å². The molecular formula is C9H7F3O2. The van der Waals surface area contributed by atoms with Crippen LogP contribution < -0.4 is 0 Å². The first-order chi connectivity index (χ1) is 6.39. The summed E-state index contributed by atoms with van der Waals surface area (Å²) in [6, 6.07) is 3.08. The molecule has 0 aromatic carbocycles. The summed E-state index contributed by atoms with van der Waals surface area (Å²) in [6.45, 7) is 1.66. The van der Waals surface area contributed by atoms with Crippen LogP contribution in [0, 0.1) is 6.92 Å². The number of hydrogen-bond acceptors (Lipinski definition) is 2. The lowest BCUT2D eigenvalue weighted by molar-refractivity contribution is -0.165. The van der Waals surface area contributed by atoms with Crippen molar-refractivity contribution in [2.24, 2.45) is 0 Å². The fourth-order valence-corrected chi connectivity index (χ4v) is 0.795. The number of furan rings is 1. The number of hydrogen-bond donors (Lipinski definition) is 0. The molecular weight excluding hydrogens is 197 g/mol. The lowest BCUT2D eigenvalue weighted by atomic mass is 10.3. The normalized spacial score (nSPS) is 12.3. The summed E-state index contributed by atoms with van der Waals surface area (Å²) in [5.74, 6) is -1.10. The molecule has 0 N–H and O–H groups in total. The van der Waals surface area contributed by atoms with Crippen molar-refractivity contribution in [1.82, 2.24) is 0 Å². The van der Waals surface area contributed by atoms with Crippen molar-refractivity contribution >= 4 is 11.9 Å². The minimum absolute atomic E-state index is 0.222. The average Bonchev–Trinajstić information content (AvgIpc) is 2.45. The van der Waals surface area contributed by atoms with Crippen LogP contribution in [0.2, 0.25) is 0 Å². The zero-order valence-corrected chi connectivity index (χ0v) is 7.26. The molecule has 2 nitrogen and oxygen atoms in total. The monoisotopic (exact) mass is 204 g/mol. The first-order valence-corrected chi connectivity index (χ1v) is 3.75. The molecule has 0 aliphatic rings. The Morgan fingerprint density at radius 1 is 1.43 bits per heavy atom. The van der Waals surface area contributed by atoms with Gasteiger partial charge in [-0.2, -0.15) is 13.2 Å². The van der Waals surface area contributed by atoms with Gasteiger partial charge in [0.25, 0.3) is 5.78 Å². The molecule has 0 saturated heterocycles. The van der Waals surface area contributed by atoms with E-state index >= 15 is 0 Å². The number of carbonyl (C=O) groups is 1. The van der Waals surface area contributed by atoms with Crippen molar-refractivity contribution in [3.63, 3.8) is 0 Å². The Morgan fingerprint density at radius 3 is 2.50 bits per heavy atom. The summed E-state index contributed by atoms with van der Waals surface area (Å²) < 4.78 is 40.1. The molecule has 0 aliphatic heterocycles. The molecule has 0 amide bonds. The summed E-state index contributed by atoms with van der Waals surface area (Å²) in [6.07, 6.45) is -3.39. The summed E-state index contributed by atoms with van der Waals surface area (Å²) in [5, 5.41) is 0. The van der Waals surface area contributed by atoms with Crippen LogP contribution in [0.1, 0.15) is 11.5 Å². The second kappa shape index (κ2) is 3.69.